The largest absolute Gasteiger partial charge is 0.325 e. The highest BCUT2D eigenvalue weighted by Crippen LogP contribution is 2.28. The Labute approximate surface area is 82.4 Å². The molecule has 1 unspecified atom stereocenters. The fraction of sp³-hybridized carbons (Fsp3) is 0.455. The van der Waals surface area contributed by atoms with Crippen molar-refractivity contribution in [1.82, 2.24) is 4.98 Å². The molecule has 0 saturated heterocycles. The number of aromatic nitrogens is 1. The van der Waals surface area contributed by atoms with E-state index in [4.69, 9.17) is 5.26 Å². The van der Waals surface area contributed by atoms with Gasteiger partial charge in [0.15, 0.2) is 0 Å². The summed E-state index contributed by atoms with van der Waals surface area (Å²) in [6.45, 7) is 2.11. The average Bonchev–Trinajstić information content (AvgIpc) is 2.19. The molecule has 2 rings (SSSR count). The summed E-state index contributed by atoms with van der Waals surface area (Å²) < 4.78 is 0. The van der Waals surface area contributed by atoms with E-state index in [1.165, 1.54) is 0 Å². The summed E-state index contributed by atoms with van der Waals surface area (Å²) in [4.78, 5) is 14.2. The van der Waals surface area contributed by atoms with Crippen molar-refractivity contribution in [2.75, 3.05) is 0 Å². The number of aryl methyl sites for hydroxylation is 1. The zero-order chi connectivity index (χ0) is 10.1. The number of nitrogens with one attached hydrogen (secondary N) is 1. The summed E-state index contributed by atoms with van der Waals surface area (Å²) in [5, 5.41) is 8.72. The zero-order valence-corrected chi connectivity index (χ0v) is 8.13. The molecule has 3 nitrogen and oxygen atoms in total. The van der Waals surface area contributed by atoms with Crippen molar-refractivity contribution >= 4 is 0 Å². The van der Waals surface area contributed by atoms with E-state index in [9.17, 15) is 4.79 Å². The number of nitriles is 1. The molecule has 0 fully saturated rings. The standard InChI is InChI=1S/C11H12N2O/c1-7-3-2-4-8-5-9(6-12)11(14)13-10(7)8/h5,7H,2-4H2,1H3,(H,13,14). The summed E-state index contributed by atoms with van der Waals surface area (Å²) in [5.41, 5.74) is 2.15. The van der Waals surface area contributed by atoms with Gasteiger partial charge >= 0.3 is 0 Å². The molecule has 0 spiro atoms. The van der Waals surface area contributed by atoms with Crippen LogP contribution in [-0.2, 0) is 6.42 Å². The van der Waals surface area contributed by atoms with E-state index < -0.39 is 0 Å². The first-order valence-electron chi connectivity index (χ1n) is 4.88. The summed E-state index contributed by atoms with van der Waals surface area (Å²) >= 11 is 0. The molecule has 0 saturated carbocycles. The molecule has 1 heterocycles. The van der Waals surface area contributed by atoms with Crippen LogP contribution in [0.2, 0.25) is 0 Å². The minimum Gasteiger partial charge on any atom is -0.325 e. The molecule has 1 atom stereocenters. The Balaban J connectivity index is 2.61. The van der Waals surface area contributed by atoms with E-state index >= 15 is 0 Å². The number of fused-ring (bicyclic) bond motifs is 1. The van der Waals surface area contributed by atoms with Gasteiger partial charge in [-0.1, -0.05) is 6.92 Å². The van der Waals surface area contributed by atoms with Crippen LogP contribution < -0.4 is 5.56 Å². The fourth-order valence-electron chi connectivity index (χ4n) is 2.06. The van der Waals surface area contributed by atoms with Gasteiger partial charge in [-0.25, -0.2) is 0 Å². The van der Waals surface area contributed by atoms with Crippen LogP contribution in [0.1, 0.15) is 42.5 Å². The number of nitrogens with zero attached hydrogens (tertiary/aromatic N) is 1. The Hall–Kier alpha value is -1.56. The summed E-state index contributed by atoms with van der Waals surface area (Å²) in [6, 6.07) is 3.66. The fourth-order valence-corrected chi connectivity index (χ4v) is 2.06. The van der Waals surface area contributed by atoms with E-state index in [1.54, 1.807) is 6.07 Å². The lowest BCUT2D eigenvalue weighted by atomic mass is 9.87. The molecule has 1 N–H and O–H groups in total. The number of pyridine rings is 1. The van der Waals surface area contributed by atoms with Gasteiger partial charge in [-0.2, -0.15) is 5.26 Å². The third kappa shape index (κ3) is 1.33. The maximum absolute atomic E-state index is 11.4. The summed E-state index contributed by atoms with van der Waals surface area (Å²) in [6.07, 6.45) is 3.24. The number of H-pyrrole nitrogens is 1. The normalized spacial score (nSPS) is 19.9. The van der Waals surface area contributed by atoms with Gasteiger partial charge in [-0.15, -0.1) is 0 Å². The maximum Gasteiger partial charge on any atom is 0.266 e. The van der Waals surface area contributed by atoms with Crippen LogP contribution in [0.4, 0.5) is 0 Å². The Kier molecular flexibility index (Phi) is 2.12. The van der Waals surface area contributed by atoms with Crippen molar-refractivity contribution in [3.63, 3.8) is 0 Å². The van der Waals surface area contributed by atoms with Gasteiger partial charge in [0.1, 0.15) is 11.6 Å². The minimum absolute atomic E-state index is 0.234. The average molecular weight is 188 g/mol. The van der Waals surface area contributed by atoms with Crippen LogP contribution in [0.3, 0.4) is 0 Å². The number of hydrogen-bond donors (Lipinski definition) is 1. The van der Waals surface area contributed by atoms with Crippen molar-refractivity contribution in [3.05, 3.63) is 33.2 Å². The summed E-state index contributed by atoms with van der Waals surface area (Å²) in [5.74, 6) is 0.416. The number of aromatic amines is 1. The first-order chi connectivity index (χ1) is 6.72. The predicted octanol–water partition coefficient (Wildman–Crippen LogP) is 1.69. The predicted molar refractivity (Wildman–Crippen MR) is 53.1 cm³/mol. The highest BCUT2D eigenvalue weighted by Gasteiger charge is 2.18. The van der Waals surface area contributed by atoms with Crippen molar-refractivity contribution in [2.45, 2.75) is 32.1 Å². The Morgan fingerprint density at radius 2 is 2.43 bits per heavy atom. The number of hydrogen-bond acceptors (Lipinski definition) is 2. The second-order valence-electron chi connectivity index (χ2n) is 3.86. The molecule has 0 bridgehead atoms. The zero-order valence-electron chi connectivity index (χ0n) is 8.13. The molecular weight excluding hydrogens is 176 g/mol. The second-order valence-corrected chi connectivity index (χ2v) is 3.86. The van der Waals surface area contributed by atoms with E-state index in [1.807, 2.05) is 6.07 Å². The van der Waals surface area contributed by atoms with Crippen molar-refractivity contribution in [1.29, 1.82) is 5.26 Å². The lowest BCUT2D eigenvalue weighted by molar-refractivity contribution is 0.571. The summed E-state index contributed by atoms with van der Waals surface area (Å²) in [7, 11) is 0. The van der Waals surface area contributed by atoms with Crippen LogP contribution in [0.5, 0.6) is 0 Å². The lowest BCUT2D eigenvalue weighted by Crippen LogP contribution is -2.19. The molecule has 72 valence electrons. The molecular formula is C11H12N2O. The van der Waals surface area contributed by atoms with Crippen molar-refractivity contribution in [2.24, 2.45) is 0 Å². The first kappa shape index (κ1) is 9.01. The molecule has 1 aromatic rings. The van der Waals surface area contributed by atoms with Crippen LogP contribution >= 0.6 is 0 Å². The molecule has 1 aliphatic rings. The van der Waals surface area contributed by atoms with Crippen molar-refractivity contribution in [3.8, 4) is 6.07 Å². The quantitative estimate of drug-likeness (QED) is 0.673. The number of rotatable bonds is 0. The van der Waals surface area contributed by atoms with Gasteiger partial charge in [0, 0.05) is 5.69 Å². The highest BCUT2D eigenvalue weighted by molar-refractivity contribution is 5.35. The highest BCUT2D eigenvalue weighted by atomic mass is 16.1. The van der Waals surface area contributed by atoms with E-state index in [-0.39, 0.29) is 11.1 Å². The maximum atomic E-state index is 11.4. The Morgan fingerprint density at radius 3 is 3.14 bits per heavy atom. The molecule has 0 aliphatic heterocycles. The SMILES string of the molecule is CC1CCCc2cc(C#N)c(=O)[nH]c21. The van der Waals surface area contributed by atoms with Gasteiger partial charge < -0.3 is 4.98 Å². The van der Waals surface area contributed by atoms with Crippen LogP contribution in [0, 0.1) is 11.3 Å². The van der Waals surface area contributed by atoms with Gasteiger partial charge in [0.25, 0.3) is 5.56 Å². The van der Waals surface area contributed by atoms with Gasteiger partial charge in [0.2, 0.25) is 0 Å². The second kappa shape index (κ2) is 3.30. The first-order valence-corrected chi connectivity index (χ1v) is 4.88. The third-order valence-corrected chi connectivity index (χ3v) is 2.85. The van der Waals surface area contributed by atoms with Crippen LogP contribution in [0.25, 0.3) is 0 Å². The van der Waals surface area contributed by atoms with Crippen LogP contribution in [0.15, 0.2) is 10.9 Å². The lowest BCUT2D eigenvalue weighted by Gasteiger charge is -2.21. The molecule has 0 radical (unpaired) electrons. The minimum atomic E-state index is -0.250. The van der Waals surface area contributed by atoms with E-state index in [2.05, 4.69) is 11.9 Å². The van der Waals surface area contributed by atoms with Gasteiger partial charge in [-0.05, 0) is 36.8 Å². The van der Waals surface area contributed by atoms with Gasteiger partial charge in [0.05, 0.1) is 0 Å². The third-order valence-electron chi connectivity index (χ3n) is 2.85. The molecule has 0 aromatic carbocycles. The van der Waals surface area contributed by atoms with Crippen molar-refractivity contribution < 1.29 is 0 Å². The molecule has 3 heteroatoms. The van der Waals surface area contributed by atoms with E-state index in [0.717, 1.165) is 30.5 Å². The topological polar surface area (TPSA) is 56.6 Å². The smallest absolute Gasteiger partial charge is 0.266 e. The molecule has 14 heavy (non-hydrogen) atoms. The Morgan fingerprint density at radius 1 is 1.64 bits per heavy atom. The molecule has 0 amide bonds. The monoisotopic (exact) mass is 188 g/mol. The van der Waals surface area contributed by atoms with Crippen LogP contribution in [-0.4, -0.2) is 4.98 Å². The molecule has 1 aliphatic carbocycles. The Bertz CT molecular complexity index is 453. The van der Waals surface area contributed by atoms with E-state index in [0.29, 0.717) is 5.92 Å². The molecule has 1 aromatic heterocycles. The van der Waals surface area contributed by atoms with Gasteiger partial charge in [-0.3, -0.25) is 4.79 Å².